The lowest BCUT2D eigenvalue weighted by molar-refractivity contribution is -0.117. The largest absolute Gasteiger partial charge is 0.492 e. The fraction of sp³-hybridized carbons (Fsp3) is 0.125. The van der Waals surface area contributed by atoms with E-state index in [1.165, 1.54) is 0 Å². The Hall–Kier alpha value is -2.32. The number of anilines is 1. The van der Waals surface area contributed by atoms with Gasteiger partial charge in [0.1, 0.15) is 24.3 Å². The molecule has 1 unspecified atom stereocenters. The molecular weight excluding hydrogens is 332 g/mol. The molecule has 4 nitrogen and oxygen atoms in total. The van der Waals surface area contributed by atoms with Crippen LogP contribution in [-0.4, -0.2) is 12.5 Å². The van der Waals surface area contributed by atoms with Gasteiger partial charge < -0.3 is 10.1 Å². The molecule has 1 aliphatic rings. The van der Waals surface area contributed by atoms with Crippen molar-refractivity contribution in [3.63, 3.8) is 0 Å². The quantitative estimate of drug-likeness (QED) is 0.909. The Kier molecular flexibility index (Phi) is 3.63. The first-order chi connectivity index (χ1) is 10.2. The summed E-state index contributed by atoms with van der Waals surface area (Å²) in [7, 11) is 0. The molecule has 1 aliphatic heterocycles. The minimum atomic E-state index is -0.351. The standard InChI is InChI=1S/C16H11BrN2O2/c17-11-5-6-14(10(7-11)8-18)19-16(20)13-9-21-15-4-2-1-3-12(13)15/h1-7,13H,9H2,(H,19,20). The molecule has 5 heteroatoms. The summed E-state index contributed by atoms with van der Waals surface area (Å²) in [5, 5.41) is 11.9. The highest BCUT2D eigenvalue weighted by Gasteiger charge is 2.30. The average molecular weight is 343 g/mol. The van der Waals surface area contributed by atoms with Crippen molar-refractivity contribution in [2.75, 3.05) is 11.9 Å². The van der Waals surface area contributed by atoms with Gasteiger partial charge in [0.05, 0.1) is 11.3 Å². The molecule has 0 fully saturated rings. The van der Waals surface area contributed by atoms with Crippen LogP contribution in [0.3, 0.4) is 0 Å². The zero-order chi connectivity index (χ0) is 14.8. The van der Waals surface area contributed by atoms with E-state index in [9.17, 15) is 4.79 Å². The van der Waals surface area contributed by atoms with E-state index in [1.54, 1.807) is 18.2 Å². The second-order valence-electron chi connectivity index (χ2n) is 4.69. The summed E-state index contributed by atoms with van der Waals surface area (Å²) in [4.78, 5) is 12.4. The first-order valence-corrected chi connectivity index (χ1v) is 7.20. The van der Waals surface area contributed by atoms with Gasteiger partial charge in [-0.1, -0.05) is 34.1 Å². The smallest absolute Gasteiger partial charge is 0.235 e. The predicted molar refractivity (Wildman–Crippen MR) is 82.2 cm³/mol. The van der Waals surface area contributed by atoms with E-state index in [0.717, 1.165) is 15.8 Å². The monoisotopic (exact) mass is 342 g/mol. The van der Waals surface area contributed by atoms with E-state index in [1.807, 2.05) is 24.3 Å². The zero-order valence-corrected chi connectivity index (χ0v) is 12.6. The van der Waals surface area contributed by atoms with Gasteiger partial charge in [-0.2, -0.15) is 5.26 Å². The Morgan fingerprint density at radius 2 is 2.14 bits per heavy atom. The molecule has 0 spiro atoms. The van der Waals surface area contributed by atoms with Crippen LogP contribution < -0.4 is 10.1 Å². The lowest BCUT2D eigenvalue weighted by Crippen LogP contribution is -2.22. The van der Waals surface area contributed by atoms with Crippen molar-refractivity contribution >= 4 is 27.5 Å². The van der Waals surface area contributed by atoms with Gasteiger partial charge in [0, 0.05) is 10.0 Å². The number of nitrogens with one attached hydrogen (secondary N) is 1. The summed E-state index contributed by atoms with van der Waals surface area (Å²) >= 11 is 3.31. The Morgan fingerprint density at radius 1 is 1.33 bits per heavy atom. The summed E-state index contributed by atoms with van der Waals surface area (Å²) in [5.74, 6) is 0.226. The molecule has 0 radical (unpaired) electrons. The van der Waals surface area contributed by atoms with E-state index < -0.39 is 0 Å². The van der Waals surface area contributed by atoms with Gasteiger partial charge in [0.25, 0.3) is 0 Å². The van der Waals surface area contributed by atoms with Gasteiger partial charge in [-0.15, -0.1) is 0 Å². The van der Waals surface area contributed by atoms with Gasteiger partial charge in [0.2, 0.25) is 5.91 Å². The second kappa shape index (κ2) is 5.58. The van der Waals surface area contributed by atoms with Gasteiger partial charge in [-0.05, 0) is 24.3 Å². The van der Waals surface area contributed by atoms with Crippen LogP contribution >= 0.6 is 15.9 Å². The van der Waals surface area contributed by atoms with Crippen LogP contribution in [0.4, 0.5) is 5.69 Å². The second-order valence-corrected chi connectivity index (χ2v) is 5.61. The number of amides is 1. The maximum absolute atomic E-state index is 12.4. The molecule has 104 valence electrons. The summed E-state index contributed by atoms with van der Waals surface area (Å²) in [6.45, 7) is 0.323. The molecule has 1 amide bonds. The van der Waals surface area contributed by atoms with Crippen molar-refractivity contribution in [3.05, 3.63) is 58.1 Å². The third-order valence-corrected chi connectivity index (χ3v) is 3.87. The number of nitrogens with zero attached hydrogens (tertiary/aromatic N) is 1. The van der Waals surface area contributed by atoms with Crippen molar-refractivity contribution in [2.45, 2.75) is 5.92 Å². The van der Waals surface area contributed by atoms with Crippen LogP contribution in [0, 0.1) is 11.3 Å². The number of rotatable bonds is 2. The highest BCUT2D eigenvalue weighted by Crippen LogP contribution is 2.34. The van der Waals surface area contributed by atoms with Gasteiger partial charge in [0.15, 0.2) is 0 Å². The third kappa shape index (κ3) is 2.63. The Labute approximate surface area is 130 Å². The maximum Gasteiger partial charge on any atom is 0.235 e. The van der Waals surface area contributed by atoms with E-state index in [-0.39, 0.29) is 11.8 Å². The van der Waals surface area contributed by atoms with Gasteiger partial charge >= 0.3 is 0 Å². The van der Waals surface area contributed by atoms with Crippen LogP contribution in [0.25, 0.3) is 0 Å². The summed E-state index contributed by atoms with van der Waals surface area (Å²) < 4.78 is 6.31. The van der Waals surface area contributed by atoms with E-state index in [4.69, 9.17) is 10.00 Å². The number of benzene rings is 2. The number of halogens is 1. The summed E-state index contributed by atoms with van der Waals surface area (Å²) in [6.07, 6.45) is 0. The van der Waals surface area contributed by atoms with Crippen molar-refractivity contribution in [1.82, 2.24) is 0 Å². The van der Waals surface area contributed by atoms with E-state index in [2.05, 4.69) is 27.3 Å². The molecule has 1 atom stereocenters. The molecule has 1 heterocycles. The molecule has 0 saturated carbocycles. The molecular formula is C16H11BrN2O2. The van der Waals surface area contributed by atoms with Crippen LogP contribution in [0.1, 0.15) is 17.0 Å². The molecule has 21 heavy (non-hydrogen) atoms. The van der Waals surface area contributed by atoms with Crippen LogP contribution in [0.2, 0.25) is 0 Å². The number of hydrogen-bond donors (Lipinski definition) is 1. The number of ether oxygens (including phenoxy) is 1. The number of para-hydroxylation sites is 1. The highest BCUT2D eigenvalue weighted by molar-refractivity contribution is 9.10. The zero-order valence-electron chi connectivity index (χ0n) is 11.0. The molecule has 1 N–H and O–H groups in total. The topological polar surface area (TPSA) is 62.1 Å². The molecule has 2 aromatic carbocycles. The minimum absolute atomic E-state index is 0.168. The highest BCUT2D eigenvalue weighted by atomic mass is 79.9. The fourth-order valence-corrected chi connectivity index (χ4v) is 2.68. The lowest BCUT2D eigenvalue weighted by atomic mass is 10.0. The van der Waals surface area contributed by atoms with Crippen LogP contribution in [-0.2, 0) is 4.79 Å². The third-order valence-electron chi connectivity index (χ3n) is 3.38. The van der Waals surface area contributed by atoms with Crippen molar-refractivity contribution < 1.29 is 9.53 Å². The Bertz CT molecular complexity index is 752. The Balaban J connectivity index is 1.84. The molecule has 3 rings (SSSR count). The van der Waals surface area contributed by atoms with E-state index in [0.29, 0.717) is 17.9 Å². The van der Waals surface area contributed by atoms with Crippen LogP contribution in [0.15, 0.2) is 46.9 Å². The summed E-state index contributed by atoms with van der Waals surface area (Å²) in [6, 6.07) is 14.7. The molecule has 2 aromatic rings. The lowest BCUT2D eigenvalue weighted by Gasteiger charge is -2.11. The number of fused-ring (bicyclic) bond motifs is 1. The number of hydrogen-bond acceptors (Lipinski definition) is 3. The normalized spacial score (nSPS) is 15.7. The summed E-state index contributed by atoms with van der Waals surface area (Å²) in [5.41, 5.74) is 1.81. The van der Waals surface area contributed by atoms with Crippen molar-refractivity contribution in [1.29, 1.82) is 5.26 Å². The number of nitriles is 1. The van der Waals surface area contributed by atoms with Crippen molar-refractivity contribution in [3.8, 4) is 11.8 Å². The maximum atomic E-state index is 12.4. The van der Waals surface area contributed by atoms with Gasteiger partial charge in [-0.3, -0.25) is 4.79 Å². The van der Waals surface area contributed by atoms with Crippen molar-refractivity contribution in [2.24, 2.45) is 0 Å². The molecule has 0 aliphatic carbocycles. The Morgan fingerprint density at radius 3 is 2.95 bits per heavy atom. The minimum Gasteiger partial charge on any atom is -0.492 e. The molecule has 0 saturated heterocycles. The molecule has 0 aromatic heterocycles. The van der Waals surface area contributed by atoms with E-state index >= 15 is 0 Å². The number of carbonyl (C=O) groups excluding carboxylic acids is 1. The van der Waals surface area contributed by atoms with Crippen LogP contribution in [0.5, 0.6) is 5.75 Å². The first-order valence-electron chi connectivity index (χ1n) is 6.41. The predicted octanol–water partition coefficient (Wildman–Crippen LogP) is 3.44. The average Bonchev–Trinajstić information content (AvgIpc) is 2.93. The SMILES string of the molecule is N#Cc1cc(Br)ccc1NC(=O)C1COc2ccccc21. The fourth-order valence-electron chi connectivity index (χ4n) is 2.32. The first kappa shape index (κ1) is 13.7. The molecule has 0 bridgehead atoms. The van der Waals surface area contributed by atoms with Gasteiger partial charge in [-0.25, -0.2) is 0 Å². The number of carbonyl (C=O) groups is 1.